The quantitative estimate of drug-likeness (QED) is 0.392. The summed E-state index contributed by atoms with van der Waals surface area (Å²) >= 11 is 0. The number of aliphatic hydroxyl groups is 2. The maximum atomic E-state index is 12.2. The van der Waals surface area contributed by atoms with Gasteiger partial charge in [-0.05, 0) is 5.56 Å². The van der Waals surface area contributed by atoms with Crippen molar-refractivity contribution in [3.8, 4) is 11.1 Å². The van der Waals surface area contributed by atoms with Crippen LogP contribution in [-0.4, -0.2) is 54.5 Å². The number of hydrogen-bond donors (Lipinski definition) is 5. The van der Waals surface area contributed by atoms with Gasteiger partial charge < -0.3 is 24.7 Å². The van der Waals surface area contributed by atoms with Gasteiger partial charge in [0.2, 0.25) is 0 Å². The first-order valence-electron chi connectivity index (χ1n) is 7.80. The van der Waals surface area contributed by atoms with E-state index in [9.17, 15) is 24.4 Å². The molecule has 0 amide bonds. The highest BCUT2D eigenvalue weighted by Gasteiger charge is 2.45. The van der Waals surface area contributed by atoms with Crippen molar-refractivity contribution in [1.29, 1.82) is 0 Å². The Balaban J connectivity index is 1.93. The molecule has 12 heteroatoms. The molecule has 146 valence electrons. The van der Waals surface area contributed by atoms with E-state index in [1.165, 1.54) is 6.20 Å². The zero-order valence-corrected chi connectivity index (χ0v) is 14.6. The summed E-state index contributed by atoms with van der Waals surface area (Å²) in [5.74, 6) is 0. The van der Waals surface area contributed by atoms with Crippen LogP contribution in [0.15, 0.2) is 46.1 Å². The molecule has 0 radical (unpaired) electrons. The van der Waals surface area contributed by atoms with Crippen LogP contribution in [0.1, 0.15) is 6.23 Å². The fourth-order valence-corrected chi connectivity index (χ4v) is 3.11. The van der Waals surface area contributed by atoms with Gasteiger partial charge in [-0.25, -0.2) is 9.36 Å². The van der Waals surface area contributed by atoms with Gasteiger partial charge in [-0.15, -0.1) is 0 Å². The molecule has 1 saturated heterocycles. The van der Waals surface area contributed by atoms with E-state index < -0.39 is 50.2 Å². The molecule has 1 aromatic carbocycles. The molecule has 4 atom stereocenters. The highest BCUT2D eigenvalue weighted by molar-refractivity contribution is 7.46. The minimum absolute atomic E-state index is 0.135. The number of aromatic nitrogens is 2. The molecular weight excluding hydrogens is 383 g/mol. The number of benzene rings is 1. The third-order valence-corrected chi connectivity index (χ3v) is 4.56. The Morgan fingerprint density at radius 3 is 2.44 bits per heavy atom. The highest BCUT2D eigenvalue weighted by Crippen LogP contribution is 2.38. The highest BCUT2D eigenvalue weighted by atomic mass is 31.2. The molecule has 1 aliphatic rings. The molecule has 27 heavy (non-hydrogen) atoms. The van der Waals surface area contributed by atoms with Crippen molar-refractivity contribution in [2.75, 3.05) is 6.61 Å². The minimum Gasteiger partial charge on any atom is -0.387 e. The van der Waals surface area contributed by atoms with Crippen molar-refractivity contribution >= 4 is 7.82 Å². The fourth-order valence-electron chi connectivity index (χ4n) is 2.76. The number of aliphatic hydroxyl groups excluding tert-OH is 2. The summed E-state index contributed by atoms with van der Waals surface area (Å²) in [6, 6.07) is 8.45. The number of ether oxygens (including phenoxy) is 1. The molecule has 2 aromatic rings. The Labute approximate surface area is 151 Å². The predicted molar refractivity (Wildman–Crippen MR) is 90.7 cm³/mol. The van der Waals surface area contributed by atoms with Crippen LogP contribution >= 0.6 is 7.82 Å². The molecule has 0 unspecified atom stereocenters. The lowest BCUT2D eigenvalue weighted by molar-refractivity contribution is -0.0542. The first kappa shape index (κ1) is 19.6. The lowest BCUT2D eigenvalue weighted by Gasteiger charge is -2.18. The Kier molecular flexibility index (Phi) is 5.45. The van der Waals surface area contributed by atoms with E-state index in [2.05, 4.69) is 9.51 Å². The molecule has 2 heterocycles. The van der Waals surface area contributed by atoms with Gasteiger partial charge in [-0.2, -0.15) is 0 Å². The monoisotopic (exact) mass is 400 g/mol. The van der Waals surface area contributed by atoms with Crippen molar-refractivity contribution in [2.45, 2.75) is 24.5 Å². The molecule has 1 fully saturated rings. The third-order valence-electron chi connectivity index (χ3n) is 4.07. The van der Waals surface area contributed by atoms with Gasteiger partial charge in [0.05, 0.1) is 12.2 Å². The molecule has 0 saturated carbocycles. The molecule has 1 aromatic heterocycles. The number of phosphoric acid groups is 1. The van der Waals surface area contributed by atoms with Crippen LogP contribution in [0.2, 0.25) is 0 Å². The van der Waals surface area contributed by atoms with Crippen LogP contribution in [0.4, 0.5) is 0 Å². The smallest absolute Gasteiger partial charge is 0.387 e. The summed E-state index contributed by atoms with van der Waals surface area (Å²) < 4.78 is 21.3. The van der Waals surface area contributed by atoms with E-state index in [0.29, 0.717) is 5.56 Å². The van der Waals surface area contributed by atoms with Crippen molar-refractivity contribution in [3.63, 3.8) is 0 Å². The lowest BCUT2D eigenvalue weighted by atomic mass is 10.1. The second kappa shape index (κ2) is 7.49. The standard InChI is InChI=1S/C15H17N2O9P/c18-11-10(7-25-27(22,23)24)26-14(12(11)19)17-6-9(13(20)16-15(17)21)8-4-2-1-3-5-8/h1-6,10-12,14,18-19H,7H2,(H,16,20,21)(H2,22,23,24)/t10-,11-,12-,14-/m1/s1. The zero-order chi connectivity index (χ0) is 19.8. The molecule has 11 nitrogen and oxygen atoms in total. The van der Waals surface area contributed by atoms with Crippen LogP contribution in [0.3, 0.4) is 0 Å². The maximum absolute atomic E-state index is 12.2. The molecule has 5 N–H and O–H groups in total. The summed E-state index contributed by atoms with van der Waals surface area (Å²) in [6.45, 7) is -0.706. The van der Waals surface area contributed by atoms with Crippen LogP contribution in [-0.2, 0) is 13.8 Å². The Hall–Kier alpha value is -2.11. The number of nitrogens with zero attached hydrogens (tertiary/aromatic N) is 1. The maximum Gasteiger partial charge on any atom is 0.469 e. The van der Waals surface area contributed by atoms with Gasteiger partial charge in [-0.3, -0.25) is 18.9 Å². The SMILES string of the molecule is O=c1[nH]c(=O)n([C@@H]2O[C@H](COP(=O)(O)O)[C@@H](O)[C@H]2O)cc1-c1ccccc1. The van der Waals surface area contributed by atoms with E-state index in [4.69, 9.17) is 14.5 Å². The summed E-state index contributed by atoms with van der Waals surface area (Å²) in [5, 5.41) is 20.2. The molecule has 1 aliphatic heterocycles. The molecule has 0 spiro atoms. The number of H-pyrrole nitrogens is 1. The van der Waals surface area contributed by atoms with Crippen LogP contribution < -0.4 is 11.2 Å². The largest absolute Gasteiger partial charge is 0.469 e. The Morgan fingerprint density at radius 1 is 1.15 bits per heavy atom. The summed E-state index contributed by atoms with van der Waals surface area (Å²) in [7, 11) is -4.81. The Morgan fingerprint density at radius 2 is 1.81 bits per heavy atom. The van der Waals surface area contributed by atoms with Crippen molar-refractivity contribution in [1.82, 2.24) is 9.55 Å². The topological polar surface area (TPSA) is 171 Å². The fraction of sp³-hybridized carbons (Fsp3) is 0.333. The second-order valence-corrected chi connectivity index (χ2v) is 7.15. The average molecular weight is 400 g/mol. The predicted octanol–water partition coefficient (Wildman–Crippen LogP) is -1.07. The third kappa shape index (κ3) is 4.25. The lowest BCUT2D eigenvalue weighted by Crippen LogP contribution is -2.38. The van der Waals surface area contributed by atoms with Gasteiger partial charge in [0, 0.05) is 6.20 Å². The van der Waals surface area contributed by atoms with E-state index in [1.807, 2.05) is 0 Å². The van der Waals surface area contributed by atoms with Crippen molar-refractivity contribution < 1.29 is 33.8 Å². The van der Waals surface area contributed by atoms with Crippen LogP contribution in [0.5, 0.6) is 0 Å². The molecular formula is C15H17N2O9P. The van der Waals surface area contributed by atoms with Gasteiger partial charge >= 0.3 is 13.5 Å². The van der Waals surface area contributed by atoms with Gasteiger partial charge in [0.15, 0.2) is 6.23 Å². The van der Waals surface area contributed by atoms with E-state index in [0.717, 1.165) is 4.57 Å². The van der Waals surface area contributed by atoms with Crippen molar-refractivity contribution in [3.05, 3.63) is 57.4 Å². The zero-order valence-electron chi connectivity index (χ0n) is 13.7. The Bertz CT molecular complexity index is 967. The summed E-state index contributed by atoms with van der Waals surface area (Å²) in [4.78, 5) is 43.9. The average Bonchev–Trinajstić information content (AvgIpc) is 2.88. The summed E-state index contributed by atoms with van der Waals surface area (Å²) in [6.07, 6.45) is -4.67. The number of nitrogens with one attached hydrogen (secondary N) is 1. The van der Waals surface area contributed by atoms with Crippen LogP contribution in [0.25, 0.3) is 11.1 Å². The number of aromatic amines is 1. The first-order valence-corrected chi connectivity index (χ1v) is 9.33. The first-order chi connectivity index (χ1) is 12.7. The normalized spacial score (nSPS) is 25.6. The number of rotatable bonds is 5. The number of hydrogen-bond acceptors (Lipinski definition) is 7. The van der Waals surface area contributed by atoms with Gasteiger partial charge in [0.1, 0.15) is 18.3 Å². The second-order valence-electron chi connectivity index (χ2n) is 5.91. The summed E-state index contributed by atoms with van der Waals surface area (Å²) in [5.41, 5.74) is -0.873. The molecule has 0 aliphatic carbocycles. The minimum atomic E-state index is -4.81. The number of phosphoric ester groups is 1. The van der Waals surface area contributed by atoms with E-state index in [-0.39, 0.29) is 5.56 Å². The molecule has 3 rings (SSSR count). The van der Waals surface area contributed by atoms with Gasteiger partial charge in [-0.1, -0.05) is 30.3 Å². The molecule has 0 bridgehead atoms. The van der Waals surface area contributed by atoms with E-state index >= 15 is 0 Å². The van der Waals surface area contributed by atoms with E-state index in [1.54, 1.807) is 30.3 Å². The van der Waals surface area contributed by atoms with Gasteiger partial charge in [0.25, 0.3) is 5.56 Å². The van der Waals surface area contributed by atoms with Crippen LogP contribution in [0, 0.1) is 0 Å². The van der Waals surface area contributed by atoms with Crippen molar-refractivity contribution in [2.24, 2.45) is 0 Å².